The zero-order valence-corrected chi connectivity index (χ0v) is 11.6. The molecule has 1 aromatic carbocycles. The predicted octanol–water partition coefficient (Wildman–Crippen LogP) is 3.81. The Bertz CT molecular complexity index is 604. The van der Waals surface area contributed by atoms with Gasteiger partial charge < -0.3 is 9.47 Å². The molecule has 0 bridgehead atoms. The minimum atomic E-state index is -0.954. The van der Waals surface area contributed by atoms with E-state index >= 15 is 0 Å². The van der Waals surface area contributed by atoms with E-state index in [2.05, 4.69) is 17.9 Å². The highest BCUT2D eigenvalue weighted by molar-refractivity contribution is 5.80. The number of benzene rings is 1. The van der Waals surface area contributed by atoms with E-state index in [4.69, 9.17) is 4.74 Å². The molecular weight excluding hydrogens is 262 g/mol. The Morgan fingerprint density at radius 2 is 1.75 bits per heavy atom. The molecule has 20 heavy (non-hydrogen) atoms. The first-order chi connectivity index (χ1) is 9.27. The van der Waals surface area contributed by atoms with Crippen LogP contribution in [-0.2, 0) is 4.74 Å². The summed E-state index contributed by atoms with van der Waals surface area (Å²) in [6.45, 7) is 10.8. The Labute approximate surface area is 116 Å². The highest BCUT2D eigenvalue weighted by atomic mass is 16.7. The van der Waals surface area contributed by atoms with Gasteiger partial charge in [-0.15, -0.1) is 0 Å². The van der Waals surface area contributed by atoms with E-state index in [-0.39, 0.29) is 11.4 Å². The number of hydrogen-bond acceptors (Lipinski definition) is 5. The van der Waals surface area contributed by atoms with Crippen LogP contribution in [0.5, 0.6) is 5.75 Å². The molecule has 0 aliphatic carbocycles. The average molecular weight is 277 g/mol. The number of hydrogen-bond donors (Lipinski definition) is 0. The molecule has 0 fully saturated rings. The molecule has 0 heterocycles. The maximum absolute atomic E-state index is 11.2. The summed E-state index contributed by atoms with van der Waals surface area (Å²) in [5.74, 6) is 0.0288. The van der Waals surface area contributed by atoms with Crippen LogP contribution in [0.2, 0.25) is 0 Å². The molecule has 0 aliphatic rings. The fourth-order valence-corrected chi connectivity index (χ4v) is 1.61. The maximum Gasteiger partial charge on any atom is 0.513 e. The van der Waals surface area contributed by atoms with E-state index in [1.54, 1.807) is 13.8 Å². The lowest BCUT2D eigenvalue weighted by molar-refractivity contribution is -0.385. The van der Waals surface area contributed by atoms with Crippen LogP contribution < -0.4 is 4.74 Å². The summed E-state index contributed by atoms with van der Waals surface area (Å²) in [6, 6.07) is 2.70. The van der Waals surface area contributed by atoms with Crippen molar-refractivity contribution in [3.63, 3.8) is 0 Å². The lowest BCUT2D eigenvalue weighted by atomic mass is 9.99. The molecule has 0 atom stereocenters. The number of carbonyl (C=O) groups is 1. The molecule has 0 saturated heterocycles. The largest absolute Gasteiger partial charge is 0.513 e. The van der Waals surface area contributed by atoms with Gasteiger partial charge >= 0.3 is 6.16 Å². The van der Waals surface area contributed by atoms with Crippen LogP contribution in [0, 0.1) is 10.1 Å². The highest BCUT2D eigenvalue weighted by Crippen LogP contribution is 2.35. The van der Waals surface area contributed by atoms with Gasteiger partial charge in [0.05, 0.1) is 23.7 Å². The van der Waals surface area contributed by atoms with Crippen LogP contribution in [0.25, 0.3) is 11.1 Å². The molecule has 0 unspecified atom stereocenters. The van der Waals surface area contributed by atoms with Gasteiger partial charge in [0.25, 0.3) is 5.69 Å². The SMILES string of the molecule is C=C(C)c1cc(C(=C)C)c([N+](=O)[O-])cc1OC(=O)OC. The van der Waals surface area contributed by atoms with Gasteiger partial charge in [-0.05, 0) is 31.1 Å². The molecule has 0 spiro atoms. The van der Waals surface area contributed by atoms with Crippen molar-refractivity contribution in [2.75, 3.05) is 7.11 Å². The lowest BCUT2D eigenvalue weighted by Gasteiger charge is -2.12. The van der Waals surface area contributed by atoms with Crippen molar-refractivity contribution in [2.24, 2.45) is 0 Å². The second-order valence-corrected chi connectivity index (χ2v) is 4.24. The van der Waals surface area contributed by atoms with Crippen molar-refractivity contribution in [1.82, 2.24) is 0 Å². The molecule has 6 nitrogen and oxygen atoms in total. The quantitative estimate of drug-likeness (QED) is 0.362. The predicted molar refractivity (Wildman–Crippen MR) is 75.5 cm³/mol. The number of allylic oxidation sites excluding steroid dienone is 2. The number of nitro benzene ring substituents is 1. The number of nitro groups is 1. The minimum absolute atomic E-state index is 0.0288. The van der Waals surface area contributed by atoms with Gasteiger partial charge in [-0.3, -0.25) is 10.1 Å². The van der Waals surface area contributed by atoms with E-state index in [9.17, 15) is 14.9 Å². The van der Waals surface area contributed by atoms with Gasteiger partial charge in [-0.2, -0.15) is 0 Å². The molecule has 0 aliphatic heterocycles. The topological polar surface area (TPSA) is 78.7 Å². The summed E-state index contributed by atoms with van der Waals surface area (Å²) >= 11 is 0. The van der Waals surface area contributed by atoms with E-state index in [0.29, 0.717) is 22.3 Å². The first kappa shape index (κ1) is 15.4. The normalized spacial score (nSPS) is 9.75. The Balaban J connectivity index is 3.53. The van der Waals surface area contributed by atoms with Gasteiger partial charge in [-0.25, -0.2) is 4.79 Å². The van der Waals surface area contributed by atoms with E-state index in [1.165, 1.54) is 12.1 Å². The molecule has 6 heteroatoms. The van der Waals surface area contributed by atoms with Crippen LogP contribution in [0.3, 0.4) is 0 Å². The average Bonchev–Trinajstić information content (AvgIpc) is 2.37. The molecule has 0 N–H and O–H groups in total. The second-order valence-electron chi connectivity index (χ2n) is 4.24. The van der Waals surface area contributed by atoms with Crippen molar-refractivity contribution in [1.29, 1.82) is 0 Å². The van der Waals surface area contributed by atoms with Crippen molar-refractivity contribution in [3.05, 3.63) is 46.5 Å². The van der Waals surface area contributed by atoms with Gasteiger partial charge in [0.1, 0.15) is 5.75 Å². The molecule has 106 valence electrons. The Morgan fingerprint density at radius 1 is 1.20 bits per heavy atom. The summed E-state index contributed by atoms with van der Waals surface area (Å²) in [6.07, 6.45) is -0.954. The molecule has 1 aromatic rings. The Morgan fingerprint density at radius 3 is 2.15 bits per heavy atom. The first-order valence-corrected chi connectivity index (χ1v) is 5.68. The Kier molecular flexibility index (Phi) is 4.63. The summed E-state index contributed by atoms with van der Waals surface area (Å²) in [5.41, 5.74) is 1.79. The van der Waals surface area contributed by atoms with Crippen LogP contribution in [0.1, 0.15) is 25.0 Å². The summed E-state index contributed by atoms with van der Waals surface area (Å²) in [4.78, 5) is 21.7. The first-order valence-electron chi connectivity index (χ1n) is 5.68. The van der Waals surface area contributed by atoms with Crippen molar-refractivity contribution in [2.45, 2.75) is 13.8 Å². The standard InChI is InChI=1S/C14H15NO5/c1-8(2)10-6-11(9(3)4)13(20-14(16)19-5)7-12(10)15(17)18/h6-7H,1,3H2,2,4-5H3. The van der Waals surface area contributed by atoms with Gasteiger partial charge in [0.2, 0.25) is 0 Å². The zero-order valence-electron chi connectivity index (χ0n) is 11.6. The summed E-state index contributed by atoms with van der Waals surface area (Å²) < 4.78 is 9.31. The molecule has 0 aromatic heterocycles. The van der Waals surface area contributed by atoms with E-state index in [0.717, 1.165) is 7.11 Å². The molecule has 0 radical (unpaired) electrons. The minimum Gasteiger partial charge on any atom is -0.437 e. The van der Waals surface area contributed by atoms with Crippen LogP contribution in [-0.4, -0.2) is 18.2 Å². The molecule has 1 rings (SSSR count). The molecule has 0 saturated carbocycles. The monoisotopic (exact) mass is 277 g/mol. The van der Waals surface area contributed by atoms with Gasteiger partial charge in [0, 0.05) is 5.56 Å². The number of carbonyl (C=O) groups excluding carboxylic acids is 1. The van der Waals surface area contributed by atoms with Crippen LogP contribution in [0.15, 0.2) is 25.3 Å². The number of ether oxygens (including phenoxy) is 2. The van der Waals surface area contributed by atoms with Gasteiger partial charge in [0.15, 0.2) is 0 Å². The van der Waals surface area contributed by atoms with Crippen LogP contribution in [0.4, 0.5) is 10.5 Å². The highest BCUT2D eigenvalue weighted by Gasteiger charge is 2.21. The van der Waals surface area contributed by atoms with E-state index in [1.807, 2.05) is 0 Å². The molecular formula is C14H15NO5. The second kappa shape index (κ2) is 6.01. The number of rotatable bonds is 4. The number of methoxy groups -OCH3 is 1. The lowest BCUT2D eigenvalue weighted by Crippen LogP contribution is -2.09. The van der Waals surface area contributed by atoms with Crippen molar-refractivity contribution >= 4 is 23.0 Å². The molecule has 0 amide bonds. The number of nitrogens with zero attached hydrogens (tertiary/aromatic N) is 1. The third kappa shape index (κ3) is 3.23. The third-order valence-corrected chi connectivity index (χ3v) is 2.57. The zero-order chi connectivity index (χ0) is 15.4. The Hall–Kier alpha value is -2.63. The van der Waals surface area contributed by atoms with Crippen molar-refractivity contribution in [3.8, 4) is 5.75 Å². The fourth-order valence-electron chi connectivity index (χ4n) is 1.61. The smallest absolute Gasteiger partial charge is 0.437 e. The van der Waals surface area contributed by atoms with Crippen molar-refractivity contribution < 1.29 is 19.2 Å². The van der Waals surface area contributed by atoms with Gasteiger partial charge in [-0.1, -0.05) is 13.2 Å². The van der Waals surface area contributed by atoms with E-state index < -0.39 is 11.1 Å². The third-order valence-electron chi connectivity index (χ3n) is 2.57. The summed E-state index contributed by atoms with van der Waals surface area (Å²) in [5, 5.41) is 11.1. The maximum atomic E-state index is 11.2. The summed E-state index contributed by atoms with van der Waals surface area (Å²) in [7, 11) is 1.15. The van der Waals surface area contributed by atoms with Crippen LogP contribution >= 0.6 is 0 Å². The fraction of sp³-hybridized carbons (Fsp3) is 0.214.